The van der Waals surface area contributed by atoms with E-state index in [1.165, 1.54) is 29.3 Å². The van der Waals surface area contributed by atoms with Crippen LogP contribution in [-0.2, 0) is 16.6 Å². The molecule has 7 nitrogen and oxygen atoms in total. The smallest absolute Gasteiger partial charge is 0.264 e. The molecular formula is C23H26N4O3S. The summed E-state index contributed by atoms with van der Waals surface area (Å²) in [5, 5.41) is 7.28. The van der Waals surface area contributed by atoms with E-state index < -0.39 is 10.0 Å². The van der Waals surface area contributed by atoms with Gasteiger partial charge in [-0.15, -0.1) is 0 Å². The molecule has 0 unspecified atom stereocenters. The lowest BCUT2D eigenvalue weighted by atomic mass is 10.2. The van der Waals surface area contributed by atoms with Gasteiger partial charge < -0.3 is 5.32 Å². The summed E-state index contributed by atoms with van der Waals surface area (Å²) in [5.74, 6) is 0.909. The fraction of sp³-hybridized carbons (Fsp3) is 0.304. The fourth-order valence-corrected chi connectivity index (χ4v) is 5.04. The average Bonchev–Trinajstić information content (AvgIpc) is 3.53. The molecule has 2 aromatic carbocycles. The third kappa shape index (κ3) is 4.49. The van der Waals surface area contributed by atoms with Gasteiger partial charge in [-0.1, -0.05) is 24.3 Å². The number of nitrogens with one attached hydrogen (secondary N) is 1. The second kappa shape index (κ2) is 8.55. The van der Waals surface area contributed by atoms with E-state index in [2.05, 4.69) is 10.4 Å². The highest BCUT2D eigenvalue weighted by molar-refractivity contribution is 7.92. The summed E-state index contributed by atoms with van der Waals surface area (Å²) in [6.07, 6.45) is 4.10. The van der Waals surface area contributed by atoms with Crippen molar-refractivity contribution in [1.82, 2.24) is 9.78 Å². The van der Waals surface area contributed by atoms with Crippen LogP contribution in [0.3, 0.4) is 0 Å². The summed E-state index contributed by atoms with van der Waals surface area (Å²) >= 11 is 0. The third-order valence-electron chi connectivity index (χ3n) is 5.40. The van der Waals surface area contributed by atoms with Crippen LogP contribution in [0.5, 0.6) is 0 Å². The zero-order valence-corrected chi connectivity index (χ0v) is 18.5. The van der Waals surface area contributed by atoms with Crippen molar-refractivity contribution >= 4 is 27.4 Å². The highest BCUT2D eigenvalue weighted by Crippen LogP contribution is 2.32. The van der Waals surface area contributed by atoms with Gasteiger partial charge in [0.2, 0.25) is 0 Å². The Balaban J connectivity index is 1.59. The lowest BCUT2D eigenvalue weighted by molar-refractivity contribution is 0.102. The van der Waals surface area contributed by atoms with Crippen LogP contribution in [0.15, 0.2) is 65.7 Å². The number of benzene rings is 2. The van der Waals surface area contributed by atoms with Gasteiger partial charge in [0, 0.05) is 24.2 Å². The van der Waals surface area contributed by atoms with Crippen LogP contribution in [0.4, 0.5) is 11.5 Å². The third-order valence-corrected chi connectivity index (χ3v) is 7.30. The zero-order chi connectivity index (χ0) is 22.0. The number of rotatable bonds is 8. The van der Waals surface area contributed by atoms with Gasteiger partial charge in [-0.2, -0.15) is 5.10 Å². The molecule has 8 heteroatoms. The summed E-state index contributed by atoms with van der Waals surface area (Å²) in [6.45, 7) is 4.74. The van der Waals surface area contributed by atoms with Crippen LogP contribution in [0.25, 0.3) is 0 Å². The Labute approximate surface area is 182 Å². The Bertz CT molecular complexity index is 1180. The number of sulfonamides is 1. The molecule has 31 heavy (non-hydrogen) atoms. The van der Waals surface area contributed by atoms with Crippen molar-refractivity contribution < 1.29 is 13.2 Å². The van der Waals surface area contributed by atoms with E-state index >= 15 is 0 Å². The van der Waals surface area contributed by atoms with Crippen molar-refractivity contribution in [1.29, 1.82) is 0 Å². The van der Waals surface area contributed by atoms with Crippen LogP contribution in [0.1, 0.15) is 35.7 Å². The summed E-state index contributed by atoms with van der Waals surface area (Å²) in [6, 6.07) is 15.1. The molecule has 1 aliphatic rings. The normalized spacial score (nSPS) is 13.7. The molecule has 1 amide bonds. The van der Waals surface area contributed by atoms with Crippen LogP contribution < -0.4 is 9.62 Å². The molecule has 1 heterocycles. The first-order valence-corrected chi connectivity index (χ1v) is 11.9. The van der Waals surface area contributed by atoms with E-state index in [0.29, 0.717) is 17.4 Å². The van der Waals surface area contributed by atoms with Crippen molar-refractivity contribution in [3.05, 3.63) is 71.9 Å². The molecule has 0 atom stereocenters. The van der Waals surface area contributed by atoms with Crippen LogP contribution in [0, 0.1) is 12.8 Å². The predicted octanol–water partition coefficient (Wildman–Crippen LogP) is 4.07. The molecule has 4 rings (SSSR count). The molecule has 1 saturated carbocycles. The Hall–Kier alpha value is -3.13. The molecular weight excluding hydrogens is 412 g/mol. The van der Waals surface area contributed by atoms with Crippen LogP contribution >= 0.6 is 0 Å². The highest BCUT2D eigenvalue weighted by Gasteiger charge is 2.26. The zero-order valence-electron chi connectivity index (χ0n) is 17.7. The average molecular weight is 439 g/mol. The molecule has 1 N–H and O–H groups in total. The maximum atomic E-state index is 13.3. The minimum absolute atomic E-state index is 0.0778. The number of para-hydroxylation sites is 1. The first-order valence-electron chi connectivity index (χ1n) is 10.4. The second-order valence-corrected chi connectivity index (χ2v) is 9.65. The van der Waals surface area contributed by atoms with Gasteiger partial charge in [-0.3, -0.25) is 9.10 Å². The largest absolute Gasteiger partial charge is 0.307 e. The Morgan fingerprint density at radius 1 is 1.16 bits per heavy atom. The lowest BCUT2D eigenvalue weighted by Gasteiger charge is -2.23. The summed E-state index contributed by atoms with van der Waals surface area (Å²) < 4.78 is 29.7. The predicted molar refractivity (Wildman–Crippen MR) is 121 cm³/mol. The van der Waals surface area contributed by atoms with E-state index in [4.69, 9.17) is 0 Å². The first kappa shape index (κ1) is 21.1. The van der Waals surface area contributed by atoms with Crippen molar-refractivity contribution in [2.75, 3.05) is 16.2 Å². The molecule has 0 radical (unpaired) electrons. The monoisotopic (exact) mass is 438 g/mol. The number of amides is 1. The van der Waals surface area contributed by atoms with E-state index in [1.54, 1.807) is 49.5 Å². The topological polar surface area (TPSA) is 84.3 Å². The fourth-order valence-electron chi connectivity index (χ4n) is 3.52. The molecule has 1 aliphatic carbocycles. The van der Waals surface area contributed by atoms with E-state index in [0.717, 1.165) is 12.1 Å². The molecule has 0 aliphatic heterocycles. The molecule has 3 aromatic rings. The quantitative estimate of drug-likeness (QED) is 0.575. The number of aryl methyl sites for hydroxylation is 1. The standard InChI is InChI=1S/C23H26N4O3S/c1-3-27(20-9-5-4-6-10-20)31(29,30)21-11-7-8-19(14-21)23(28)25-22-17(2)15-24-26(22)16-18-12-13-18/h4-11,14-15,18H,3,12-13,16H2,1-2H3,(H,25,28). The number of hydrogen-bond acceptors (Lipinski definition) is 4. The van der Waals surface area contributed by atoms with Crippen LogP contribution in [-0.4, -0.2) is 30.7 Å². The van der Waals surface area contributed by atoms with Crippen molar-refractivity contribution in [3.63, 3.8) is 0 Å². The molecule has 0 saturated heterocycles. The number of aromatic nitrogens is 2. The van der Waals surface area contributed by atoms with Gasteiger partial charge in [-0.05, 0) is 62.9 Å². The van der Waals surface area contributed by atoms with Crippen LogP contribution in [0.2, 0.25) is 0 Å². The number of carbonyl (C=O) groups excluding carboxylic acids is 1. The van der Waals surface area contributed by atoms with Gasteiger partial charge >= 0.3 is 0 Å². The van der Waals surface area contributed by atoms with E-state index in [-0.39, 0.29) is 22.9 Å². The summed E-state index contributed by atoms with van der Waals surface area (Å²) in [4.78, 5) is 13.0. The second-order valence-electron chi connectivity index (χ2n) is 7.79. The SMILES string of the molecule is CCN(c1ccccc1)S(=O)(=O)c1cccc(C(=O)Nc2c(C)cnn2CC2CC2)c1. The number of carbonyl (C=O) groups is 1. The van der Waals surface area contributed by atoms with Crippen molar-refractivity contribution in [3.8, 4) is 0 Å². The van der Waals surface area contributed by atoms with Crippen molar-refractivity contribution in [2.24, 2.45) is 5.92 Å². The van der Waals surface area contributed by atoms with Gasteiger partial charge in [0.1, 0.15) is 5.82 Å². The van der Waals surface area contributed by atoms with Gasteiger partial charge in [0.15, 0.2) is 0 Å². The molecule has 162 valence electrons. The lowest BCUT2D eigenvalue weighted by Crippen LogP contribution is -2.31. The maximum absolute atomic E-state index is 13.3. The number of anilines is 2. The highest BCUT2D eigenvalue weighted by atomic mass is 32.2. The Morgan fingerprint density at radius 2 is 1.90 bits per heavy atom. The Kier molecular flexibility index (Phi) is 5.82. The first-order chi connectivity index (χ1) is 14.9. The van der Waals surface area contributed by atoms with E-state index in [9.17, 15) is 13.2 Å². The molecule has 0 bridgehead atoms. The summed E-state index contributed by atoms with van der Waals surface area (Å²) in [7, 11) is -3.81. The van der Waals surface area contributed by atoms with Gasteiger partial charge in [0.05, 0.1) is 16.8 Å². The molecule has 1 aromatic heterocycles. The maximum Gasteiger partial charge on any atom is 0.264 e. The minimum atomic E-state index is -3.81. The number of nitrogens with zero attached hydrogens (tertiary/aromatic N) is 3. The Morgan fingerprint density at radius 3 is 2.58 bits per heavy atom. The van der Waals surface area contributed by atoms with Gasteiger partial charge in [-0.25, -0.2) is 13.1 Å². The van der Waals surface area contributed by atoms with Crippen molar-refractivity contribution in [2.45, 2.75) is 38.1 Å². The van der Waals surface area contributed by atoms with Gasteiger partial charge in [0.25, 0.3) is 15.9 Å². The number of hydrogen-bond donors (Lipinski definition) is 1. The molecule has 0 spiro atoms. The summed E-state index contributed by atoms with van der Waals surface area (Å²) in [5.41, 5.74) is 1.74. The van der Waals surface area contributed by atoms with E-state index in [1.807, 2.05) is 17.7 Å². The minimum Gasteiger partial charge on any atom is -0.307 e. The molecule has 1 fully saturated rings.